The molecule has 10 heteroatoms. The summed E-state index contributed by atoms with van der Waals surface area (Å²) >= 11 is 5.86. The van der Waals surface area contributed by atoms with E-state index < -0.39 is 21.9 Å². The molecule has 1 heterocycles. The molecule has 0 aliphatic rings. The number of hydrazone groups is 1. The van der Waals surface area contributed by atoms with Crippen LogP contribution in [0.15, 0.2) is 69.3 Å². The van der Waals surface area contributed by atoms with Crippen LogP contribution < -0.4 is 16.3 Å². The molecule has 2 aromatic carbocycles. The third kappa shape index (κ3) is 3.84. The third-order valence-electron chi connectivity index (χ3n) is 3.85. The molecule has 3 aromatic rings. The molecule has 1 aromatic heterocycles. The molecule has 0 radical (unpaired) electrons. The molecule has 28 heavy (non-hydrogen) atoms. The van der Waals surface area contributed by atoms with Crippen LogP contribution in [0.25, 0.3) is 0 Å². The van der Waals surface area contributed by atoms with Crippen molar-refractivity contribution >= 4 is 35.0 Å². The van der Waals surface area contributed by atoms with Gasteiger partial charge >= 0.3 is 16.9 Å². The largest absolute Gasteiger partial charge is 0.376 e. The van der Waals surface area contributed by atoms with Crippen molar-refractivity contribution in [3.63, 3.8) is 0 Å². The van der Waals surface area contributed by atoms with Crippen molar-refractivity contribution in [2.45, 2.75) is 0 Å². The van der Waals surface area contributed by atoms with Crippen LogP contribution in [-0.4, -0.2) is 20.7 Å². The van der Waals surface area contributed by atoms with Crippen molar-refractivity contribution in [1.29, 1.82) is 0 Å². The summed E-state index contributed by atoms with van der Waals surface area (Å²) in [6, 6.07) is 15.2. The van der Waals surface area contributed by atoms with Crippen molar-refractivity contribution in [2.24, 2.45) is 12.1 Å². The fraction of sp³-hybridized carbons (Fsp3) is 0.0556. The topological polar surface area (TPSA) is 114 Å². The van der Waals surface area contributed by atoms with Gasteiger partial charge in [0.05, 0.1) is 16.8 Å². The summed E-state index contributed by atoms with van der Waals surface area (Å²) in [6.45, 7) is 0. The van der Waals surface area contributed by atoms with Crippen LogP contribution in [-0.2, 0) is 7.05 Å². The number of nitro groups is 1. The maximum absolute atomic E-state index is 12.3. The quantitative estimate of drug-likeness (QED) is 0.402. The number of hydrogen-bond donors (Lipinski definition) is 1. The van der Waals surface area contributed by atoms with Gasteiger partial charge < -0.3 is 0 Å². The smallest absolute Gasteiger partial charge is 0.286 e. The molecule has 0 saturated carbocycles. The first kappa shape index (κ1) is 19.1. The molecule has 0 aliphatic carbocycles. The number of halogens is 1. The number of rotatable bonds is 5. The Morgan fingerprint density at radius 3 is 2.39 bits per heavy atom. The van der Waals surface area contributed by atoms with Gasteiger partial charge in [0.15, 0.2) is 0 Å². The Hall–Kier alpha value is -3.72. The van der Waals surface area contributed by atoms with Crippen LogP contribution in [0, 0.1) is 10.1 Å². The van der Waals surface area contributed by atoms with Crippen molar-refractivity contribution in [1.82, 2.24) is 9.55 Å². The first-order valence-corrected chi connectivity index (χ1v) is 8.38. The van der Waals surface area contributed by atoms with Crippen LogP contribution in [0.5, 0.6) is 0 Å². The Kier molecular flexibility index (Phi) is 5.37. The van der Waals surface area contributed by atoms with E-state index in [0.717, 1.165) is 12.1 Å². The number of aromatic amines is 1. The van der Waals surface area contributed by atoms with Gasteiger partial charge in [0, 0.05) is 12.1 Å². The van der Waals surface area contributed by atoms with Crippen LogP contribution >= 0.6 is 11.6 Å². The molecule has 0 aliphatic heterocycles. The highest BCUT2D eigenvalue weighted by molar-refractivity contribution is 6.30. The normalized spacial score (nSPS) is 10.9. The molecule has 0 bridgehead atoms. The number of para-hydroxylation sites is 1. The molecule has 0 amide bonds. The lowest BCUT2D eigenvalue weighted by molar-refractivity contribution is -0.386. The van der Waals surface area contributed by atoms with E-state index in [4.69, 9.17) is 11.6 Å². The van der Waals surface area contributed by atoms with Crippen LogP contribution in [0.4, 0.5) is 17.2 Å². The van der Waals surface area contributed by atoms with Gasteiger partial charge in [0.25, 0.3) is 0 Å². The molecule has 0 fully saturated rings. The number of nitrogens with one attached hydrogen (secondary N) is 1. The number of benzene rings is 2. The molecular formula is C18H14ClN5O4. The van der Waals surface area contributed by atoms with Gasteiger partial charge in [-0.05, 0) is 29.8 Å². The van der Waals surface area contributed by atoms with Crippen LogP contribution in [0.2, 0.25) is 5.02 Å². The van der Waals surface area contributed by atoms with Gasteiger partial charge in [0.1, 0.15) is 0 Å². The maximum Gasteiger partial charge on any atom is 0.376 e. The minimum absolute atomic E-state index is 0.338. The standard InChI is InChI=1S/C18H14ClN5O4/c1-22-17(25)15(24(27)28)16(21-18(22)26)23(14-5-3-2-4-6-14)20-11-12-7-9-13(19)10-8-12/h2-11H,1H3,(H,21,26)/b20-11+. The summed E-state index contributed by atoms with van der Waals surface area (Å²) in [6.07, 6.45) is 1.43. The number of nitrogens with zero attached hydrogens (tertiary/aromatic N) is 4. The monoisotopic (exact) mass is 399 g/mol. The van der Waals surface area contributed by atoms with E-state index in [-0.39, 0.29) is 5.82 Å². The van der Waals surface area contributed by atoms with Crippen LogP contribution in [0.3, 0.4) is 0 Å². The second-order valence-electron chi connectivity index (χ2n) is 5.69. The van der Waals surface area contributed by atoms with Crippen molar-refractivity contribution in [3.8, 4) is 0 Å². The highest BCUT2D eigenvalue weighted by Gasteiger charge is 2.28. The van der Waals surface area contributed by atoms with E-state index in [0.29, 0.717) is 20.8 Å². The Labute approximate surface area is 163 Å². The summed E-state index contributed by atoms with van der Waals surface area (Å²) in [5.74, 6) is -0.338. The van der Waals surface area contributed by atoms with Gasteiger partial charge in [-0.15, -0.1) is 0 Å². The van der Waals surface area contributed by atoms with Crippen molar-refractivity contribution in [2.75, 3.05) is 5.01 Å². The predicted octanol–water partition coefficient (Wildman–Crippen LogP) is 2.81. The van der Waals surface area contributed by atoms with Gasteiger partial charge in [-0.3, -0.25) is 24.5 Å². The summed E-state index contributed by atoms with van der Waals surface area (Å²) in [4.78, 5) is 37.4. The zero-order valence-electron chi connectivity index (χ0n) is 14.6. The molecule has 3 rings (SSSR count). The van der Waals surface area contributed by atoms with Gasteiger partial charge in [-0.25, -0.2) is 9.80 Å². The Bertz CT molecular complexity index is 1150. The molecule has 1 N–H and O–H groups in total. The molecular weight excluding hydrogens is 386 g/mol. The first-order valence-electron chi connectivity index (χ1n) is 8.01. The van der Waals surface area contributed by atoms with Crippen molar-refractivity contribution < 1.29 is 4.92 Å². The number of hydrogen-bond acceptors (Lipinski definition) is 6. The molecule has 0 atom stereocenters. The number of H-pyrrole nitrogens is 1. The Morgan fingerprint density at radius 2 is 1.79 bits per heavy atom. The van der Waals surface area contributed by atoms with E-state index in [9.17, 15) is 19.7 Å². The second-order valence-corrected chi connectivity index (χ2v) is 6.13. The maximum atomic E-state index is 12.3. The van der Waals surface area contributed by atoms with Gasteiger partial charge in [-0.2, -0.15) is 5.10 Å². The molecule has 9 nitrogen and oxygen atoms in total. The molecule has 0 saturated heterocycles. The fourth-order valence-corrected chi connectivity index (χ4v) is 2.54. The lowest BCUT2D eigenvalue weighted by atomic mass is 10.2. The lowest BCUT2D eigenvalue weighted by Crippen LogP contribution is -2.36. The summed E-state index contributed by atoms with van der Waals surface area (Å²) in [5, 5.41) is 17.5. The minimum atomic E-state index is -1.04. The molecule has 142 valence electrons. The highest BCUT2D eigenvalue weighted by Crippen LogP contribution is 2.28. The van der Waals surface area contributed by atoms with E-state index in [1.54, 1.807) is 54.6 Å². The zero-order valence-corrected chi connectivity index (χ0v) is 15.3. The second kappa shape index (κ2) is 7.89. The number of aromatic nitrogens is 2. The zero-order chi connectivity index (χ0) is 20.3. The van der Waals surface area contributed by atoms with Gasteiger partial charge in [0.2, 0.25) is 5.82 Å². The minimum Gasteiger partial charge on any atom is -0.286 e. The van der Waals surface area contributed by atoms with Crippen LogP contribution in [0.1, 0.15) is 5.56 Å². The van der Waals surface area contributed by atoms with Crippen molar-refractivity contribution in [3.05, 3.63) is 96.1 Å². The summed E-state index contributed by atoms with van der Waals surface area (Å²) in [7, 11) is 1.15. The average molecular weight is 400 g/mol. The fourth-order valence-electron chi connectivity index (χ4n) is 2.41. The van der Waals surface area contributed by atoms with E-state index in [2.05, 4.69) is 10.1 Å². The van der Waals surface area contributed by atoms with Gasteiger partial charge in [-0.1, -0.05) is 41.9 Å². The van der Waals surface area contributed by atoms with E-state index >= 15 is 0 Å². The summed E-state index contributed by atoms with van der Waals surface area (Å²) in [5.41, 5.74) is -1.54. The Balaban J connectivity index is 2.21. The third-order valence-corrected chi connectivity index (χ3v) is 4.10. The highest BCUT2D eigenvalue weighted by atomic mass is 35.5. The van der Waals surface area contributed by atoms with E-state index in [1.165, 1.54) is 6.21 Å². The number of anilines is 2. The molecule has 0 spiro atoms. The first-order chi connectivity index (χ1) is 13.4. The SMILES string of the molecule is Cn1c(=O)[nH]c(N(/N=C/c2ccc(Cl)cc2)c2ccccc2)c([N+](=O)[O-])c1=O. The Morgan fingerprint density at radius 1 is 1.14 bits per heavy atom. The molecule has 0 unspecified atom stereocenters. The average Bonchev–Trinajstić information content (AvgIpc) is 2.68. The lowest BCUT2D eigenvalue weighted by Gasteiger charge is -2.18. The summed E-state index contributed by atoms with van der Waals surface area (Å²) < 4.78 is 0.633. The predicted molar refractivity (Wildman–Crippen MR) is 107 cm³/mol. The van der Waals surface area contributed by atoms with E-state index in [1.807, 2.05) is 0 Å².